The minimum atomic E-state index is -0.0199. The van der Waals surface area contributed by atoms with Crippen molar-refractivity contribution in [3.8, 4) is 11.1 Å². The molecule has 0 aromatic heterocycles. The number of likely N-dealkylation sites (tertiary alicyclic amines) is 1. The van der Waals surface area contributed by atoms with Crippen LogP contribution in [0.15, 0.2) is 48.5 Å². The number of nitrogens with zero attached hydrogens (tertiary/aromatic N) is 1. The molecule has 0 spiro atoms. The van der Waals surface area contributed by atoms with Gasteiger partial charge in [-0.1, -0.05) is 48.0 Å². The van der Waals surface area contributed by atoms with Crippen LogP contribution in [0.3, 0.4) is 0 Å². The zero-order valence-electron chi connectivity index (χ0n) is 16.2. The molecule has 2 amide bonds. The van der Waals surface area contributed by atoms with Gasteiger partial charge in [0.15, 0.2) is 0 Å². The zero-order valence-corrected chi connectivity index (χ0v) is 16.2. The van der Waals surface area contributed by atoms with E-state index in [9.17, 15) is 9.59 Å². The normalized spacial score (nSPS) is 16.8. The Morgan fingerprint density at radius 2 is 1.93 bits per heavy atom. The molecule has 3 rings (SSSR count). The molecule has 1 N–H and O–H groups in total. The maximum atomic E-state index is 13.4. The van der Waals surface area contributed by atoms with Gasteiger partial charge in [-0.25, -0.2) is 0 Å². The Morgan fingerprint density at radius 3 is 2.70 bits per heavy atom. The lowest BCUT2D eigenvalue weighted by molar-refractivity contribution is -0.119. The van der Waals surface area contributed by atoms with E-state index in [1.54, 1.807) is 0 Å². The highest BCUT2D eigenvalue weighted by Crippen LogP contribution is 2.28. The fraction of sp³-hybridized carbons (Fsp3) is 0.391. The van der Waals surface area contributed by atoms with Crippen molar-refractivity contribution in [2.75, 3.05) is 13.1 Å². The van der Waals surface area contributed by atoms with Crippen molar-refractivity contribution in [3.05, 3.63) is 59.7 Å². The average molecular weight is 364 g/mol. The number of hydrogen-bond donors (Lipinski definition) is 1. The summed E-state index contributed by atoms with van der Waals surface area (Å²) < 4.78 is 0. The van der Waals surface area contributed by atoms with Gasteiger partial charge in [-0.3, -0.25) is 9.59 Å². The highest BCUT2D eigenvalue weighted by atomic mass is 16.2. The summed E-state index contributed by atoms with van der Waals surface area (Å²) in [5.74, 6) is 0.0770. The third-order valence-corrected chi connectivity index (χ3v) is 5.23. The first kappa shape index (κ1) is 19.2. The fourth-order valence-electron chi connectivity index (χ4n) is 3.87. The van der Waals surface area contributed by atoms with E-state index in [0.717, 1.165) is 48.9 Å². The second kappa shape index (κ2) is 8.85. The number of carbonyl (C=O) groups excluding carboxylic acids is 2. The van der Waals surface area contributed by atoms with Crippen molar-refractivity contribution in [1.29, 1.82) is 0 Å². The van der Waals surface area contributed by atoms with Crippen molar-refractivity contribution in [1.82, 2.24) is 10.2 Å². The summed E-state index contributed by atoms with van der Waals surface area (Å²) >= 11 is 0. The Hall–Kier alpha value is -2.62. The Morgan fingerprint density at radius 1 is 1.11 bits per heavy atom. The molecule has 1 aliphatic rings. The lowest BCUT2D eigenvalue weighted by Gasteiger charge is -2.36. The van der Waals surface area contributed by atoms with Crippen LogP contribution >= 0.6 is 0 Å². The number of rotatable bonds is 5. The monoisotopic (exact) mass is 364 g/mol. The SMILES string of the molecule is CC(=O)NCCC1CCCCN1C(=O)c1ccccc1-c1cccc(C)c1. The van der Waals surface area contributed by atoms with Crippen molar-refractivity contribution >= 4 is 11.8 Å². The van der Waals surface area contributed by atoms with Crippen LogP contribution in [-0.2, 0) is 4.79 Å². The Balaban J connectivity index is 1.84. The molecule has 142 valence electrons. The van der Waals surface area contributed by atoms with E-state index >= 15 is 0 Å². The maximum absolute atomic E-state index is 13.4. The number of nitrogens with one attached hydrogen (secondary N) is 1. The van der Waals surface area contributed by atoms with Gasteiger partial charge >= 0.3 is 0 Å². The molecule has 1 aliphatic heterocycles. The number of benzene rings is 2. The summed E-state index contributed by atoms with van der Waals surface area (Å²) in [7, 11) is 0. The van der Waals surface area contributed by atoms with Gasteiger partial charge in [0.1, 0.15) is 0 Å². The van der Waals surface area contributed by atoms with Gasteiger partial charge in [0.25, 0.3) is 5.91 Å². The highest BCUT2D eigenvalue weighted by molar-refractivity contribution is 6.01. The lowest BCUT2D eigenvalue weighted by atomic mass is 9.94. The van der Waals surface area contributed by atoms with Gasteiger partial charge < -0.3 is 10.2 Å². The van der Waals surface area contributed by atoms with Gasteiger partial charge in [-0.2, -0.15) is 0 Å². The topological polar surface area (TPSA) is 49.4 Å². The fourth-order valence-corrected chi connectivity index (χ4v) is 3.87. The molecule has 1 heterocycles. The van der Waals surface area contributed by atoms with Crippen LogP contribution in [0.4, 0.5) is 0 Å². The molecule has 4 heteroatoms. The Kier molecular flexibility index (Phi) is 6.28. The van der Waals surface area contributed by atoms with Crippen LogP contribution < -0.4 is 5.32 Å². The molecule has 0 aliphatic carbocycles. The van der Waals surface area contributed by atoms with E-state index < -0.39 is 0 Å². The molecule has 2 aromatic rings. The molecule has 1 unspecified atom stereocenters. The average Bonchev–Trinajstić information content (AvgIpc) is 2.67. The van der Waals surface area contributed by atoms with Crippen molar-refractivity contribution < 1.29 is 9.59 Å². The number of piperidine rings is 1. The summed E-state index contributed by atoms with van der Waals surface area (Å²) in [4.78, 5) is 26.6. The van der Waals surface area contributed by atoms with E-state index in [1.165, 1.54) is 12.5 Å². The summed E-state index contributed by atoms with van der Waals surface area (Å²) in [6.45, 7) is 4.99. The van der Waals surface area contributed by atoms with Gasteiger partial charge in [-0.15, -0.1) is 0 Å². The van der Waals surface area contributed by atoms with Gasteiger partial charge in [0.2, 0.25) is 5.91 Å². The van der Waals surface area contributed by atoms with E-state index in [2.05, 4.69) is 30.4 Å². The molecular formula is C23H28N2O2. The van der Waals surface area contributed by atoms with Crippen molar-refractivity contribution in [2.24, 2.45) is 0 Å². The maximum Gasteiger partial charge on any atom is 0.254 e. The first-order valence-electron chi connectivity index (χ1n) is 9.78. The third kappa shape index (κ3) is 4.76. The molecule has 2 aromatic carbocycles. The summed E-state index contributed by atoms with van der Waals surface area (Å²) in [5, 5.41) is 2.86. The standard InChI is InChI=1S/C23H28N2O2/c1-17-8-7-9-19(16-17)21-11-3-4-12-22(21)23(27)25-15-6-5-10-20(25)13-14-24-18(2)26/h3-4,7-9,11-12,16,20H,5-6,10,13-15H2,1-2H3,(H,24,26). The summed E-state index contributed by atoms with van der Waals surface area (Å²) in [6.07, 6.45) is 3.97. The molecule has 1 atom stereocenters. The largest absolute Gasteiger partial charge is 0.356 e. The predicted molar refractivity (Wildman–Crippen MR) is 109 cm³/mol. The second-order valence-electron chi connectivity index (χ2n) is 7.33. The minimum Gasteiger partial charge on any atom is -0.356 e. The molecular weight excluding hydrogens is 336 g/mol. The van der Waals surface area contributed by atoms with Crippen LogP contribution in [0.5, 0.6) is 0 Å². The molecule has 4 nitrogen and oxygen atoms in total. The first-order chi connectivity index (χ1) is 13.1. The first-order valence-corrected chi connectivity index (χ1v) is 9.78. The second-order valence-corrected chi connectivity index (χ2v) is 7.33. The smallest absolute Gasteiger partial charge is 0.254 e. The zero-order chi connectivity index (χ0) is 19.2. The number of aryl methyl sites for hydroxylation is 1. The Bertz CT molecular complexity index is 816. The highest BCUT2D eigenvalue weighted by Gasteiger charge is 2.28. The van der Waals surface area contributed by atoms with Crippen molar-refractivity contribution in [3.63, 3.8) is 0 Å². The van der Waals surface area contributed by atoms with E-state index in [-0.39, 0.29) is 17.9 Å². The van der Waals surface area contributed by atoms with Gasteiger partial charge in [-0.05, 0) is 49.8 Å². The molecule has 0 saturated carbocycles. The molecule has 1 fully saturated rings. The van der Waals surface area contributed by atoms with Gasteiger partial charge in [0.05, 0.1) is 0 Å². The summed E-state index contributed by atoms with van der Waals surface area (Å²) in [6, 6.07) is 16.3. The number of hydrogen-bond acceptors (Lipinski definition) is 2. The summed E-state index contributed by atoms with van der Waals surface area (Å²) in [5.41, 5.74) is 4.00. The Labute approximate surface area is 161 Å². The van der Waals surface area contributed by atoms with E-state index in [4.69, 9.17) is 0 Å². The molecule has 1 saturated heterocycles. The predicted octanol–water partition coefficient (Wildman–Crippen LogP) is 4.18. The van der Waals surface area contributed by atoms with Crippen LogP contribution in [0.25, 0.3) is 11.1 Å². The molecule has 0 radical (unpaired) electrons. The molecule has 0 bridgehead atoms. The van der Waals surface area contributed by atoms with Crippen LogP contribution in [0.2, 0.25) is 0 Å². The van der Waals surface area contributed by atoms with E-state index in [1.807, 2.05) is 35.2 Å². The third-order valence-electron chi connectivity index (χ3n) is 5.23. The minimum absolute atomic E-state index is 0.0199. The van der Waals surface area contributed by atoms with Crippen molar-refractivity contribution in [2.45, 2.75) is 45.6 Å². The lowest BCUT2D eigenvalue weighted by Crippen LogP contribution is -2.45. The quantitative estimate of drug-likeness (QED) is 0.865. The van der Waals surface area contributed by atoms with Crippen LogP contribution in [0, 0.1) is 6.92 Å². The van der Waals surface area contributed by atoms with Gasteiger partial charge in [0, 0.05) is 31.6 Å². The number of carbonyl (C=O) groups is 2. The van der Waals surface area contributed by atoms with E-state index in [0.29, 0.717) is 6.54 Å². The number of amides is 2. The van der Waals surface area contributed by atoms with Crippen LogP contribution in [-0.4, -0.2) is 35.8 Å². The molecule has 27 heavy (non-hydrogen) atoms. The van der Waals surface area contributed by atoms with Crippen LogP contribution in [0.1, 0.15) is 48.5 Å².